The van der Waals surface area contributed by atoms with Crippen LogP contribution in [0.1, 0.15) is 38.7 Å². The molecule has 3 aromatic heterocycles. The topological polar surface area (TPSA) is 177 Å². The first-order valence-electron chi connectivity index (χ1n) is 15.2. The number of nitrogens with one attached hydrogen (secondary N) is 2. The molecule has 5 rings (SSSR count). The van der Waals surface area contributed by atoms with E-state index in [2.05, 4.69) is 41.9 Å². The number of esters is 1. The standard InChI is InChI=1S/C30H37N11O4S/c1-4-44-19-24(42)45-15-9-12-32-27-25(28(33-20(2)18-43-3)36-29(35-27)40-13-7-8-14-40)37-38-26-21(16-31)17-41(39-26)30-34-22-10-5-6-11-23(22)46-30/h5-6,10-11,17,20H,4,7-9,12-15,18-19H2,1-3H3,(H2,32,33,35,36). The molecule has 15 nitrogen and oxygen atoms in total. The number of aromatic nitrogens is 5. The van der Waals surface area contributed by atoms with E-state index in [4.69, 9.17) is 24.2 Å². The molecule has 0 radical (unpaired) electrons. The van der Waals surface area contributed by atoms with Gasteiger partial charge in [-0.2, -0.15) is 15.2 Å². The Balaban J connectivity index is 1.45. The van der Waals surface area contributed by atoms with E-state index >= 15 is 0 Å². The zero-order valence-corrected chi connectivity index (χ0v) is 26.9. The molecule has 1 aliphatic heterocycles. The summed E-state index contributed by atoms with van der Waals surface area (Å²) in [6.07, 6.45) is 4.21. The number of carbonyl (C=O) groups is 1. The van der Waals surface area contributed by atoms with Crippen molar-refractivity contribution in [3.8, 4) is 11.2 Å². The van der Waals surface area contributed by atoms with E-state index in [1.807, 2.05) is 38.1 Å². The van der Waals surface area contributed by atoms with Crippen LogP contribution in [-0.2, 0) is 19.0 Å². The number of carbonyl (C=O) groups excluding carboxylic acids is 1. The fraction of sp³-hybridized carbons (Fsp3) is 0.467. The first-order chi connectivity index (χ1) is 22.5. The molecule has 46 heavy (non-hydrogen) atoms. The fourth-order valence-electron chi connectivity index (χ4n) is 4.71. The molecular formula is C30H37N11O4S. The van der Waals surface area contributed by atoms with Gasteiger partial charge in [-0.1, -0.05) is 23.5 Å². The summed E-state index contributed by atoms with van der Waals surface area (Å²) in [4.78, 5) is 28.2. The number of anilines is 3. The number of thiazole rings is 1. The van der Waals surface area contributed by atoms with Crippen LogP contribution in [0.4, 0.5) is 29.1 Å². The van der Waals surface area contributed by atoms with Crippen LogP contribution in [-0.4, -0.2) is 89.9 Å². The maximum absolute atomic E-state index is 11.8. The Hall–Kier alpha value is -4.72. The van der Waals surface area contributed by atoms with Gasteiger partial charge in [0.05, 0.1) is 29.6 Å². The molecule has 0 amide bonds. The van der Waals surface area contributed by atoms with Gasteiger partial charge >= 0.3 is 5.97 Å². The first-order valence-corrected chi connectivity index (χ1v) is 16.0. The van der Waals surface area contributed by atoms with Crippen LogP contribution in [0, 0.1) is 11.3 Å². The van der Waals surface area contributed by atoms with Gasteiger partial charge in [-0.05, 0) is 45.2 Å². The second-order valence-electron chi connectivity index (χ2n) is 10.5. The molecule has 1 aromatic carbocycles. The van der Waals surface area contributed by atoms with Crippen LogP contribution < -0.4 is 15.5 Å². The second kappa shape index (κ2) is 16.0. The minimum Gasteiger partial charge on any atom is -0.464 e. The number of nitriles is 1. The van der Waals surface area contributed by atoms with Crippen LogP contribution in [0.2, 0.25) is 0 Å². The number of hydrogen-bond donors (Lipinski definition) is 2. The van der Waals surface area contributed by atoms with Crippen LogP contribution in [0.3, 0.4) is 0 Å². The molecule has 0 aliphatic carbocycles. The Morgan fingerprint density at radius 1 is 1.17 bits per heavy atom. The summed E-state index contributed by atoms with van der Waals surface area (Å²) in [5, 5.41) is 30.7. The van der Waals surface area contributed by atoms with Crippen LogP contribution in [0.15, 0.2) is 40.7 Å². The molecule has 0 spiro atoms. The van der Waals surface area contributed by atoms with Gasteiger partial charge in [0.15, 0.2) is 17.3 Å². The third kappa shape index (κ3) is 8.30. The van der Waals surface area contributed by atoms with Gasteiger partial charge in [0.1, 0.15) is 18.2 Å². The van der Waals surface area contributed by atoms with E-state index < -0.39 is 5.97 Å². The molecule has 4 heterocycles. The van der Waals surface area contributed by atoms with Crippen molar-refractivity contribution in [1.82, 2.24) is 24.7 Å². The fourth-order valence-corrected chi connectivity index (χ4v) is 5.60. The van der Waals surface area contributed by atoms with Gasteiger partial charge in [-0.3, -0.25) is 0 Å². The number of methoxy groups -OCH3 is 1. The molecule has 242 valence electrons. The SMILES string of the molecule is CCOCC(=O)OCCCNc1nc(N2CCCC2)nc(NC(C)COC)c1N=Nc1nn(-c2nc3ccccc3s2)cc1C#N. The quantitative estimate of drug-likeness (QED) is 0.0948. The van der Waals surface area contributed by atoms with E-state index in [1.165, 1.54) is 16.0 Å². The lowest BCUT2D eigenvalue weighted by molar-refractivity contribution is -0.148. The minimum atomic E-state index is -0.410. The highest BCUT2D eigenvalue weighted by Gasteiger charge is 2.22. The maximum atomic E-state index is 11.8. The molecule has 16 heteroatoms. The predicted molar refractivity (Wildman–Crippen MR) is 175 cm³/mol. The Morgan fingerprint density at radius 2 is 1.98 bits per heavy atom. The summed E-state index contributed by atoms with van der Waals surface area (Å²) < 4.78 is 18.2. The summed E-state index contributed by atoms with van der Waals surface area (Å²) in [7, 11) is 1.63. The zero-order chi connectivity index (χ0) is 32.3. The lowest BCUT2D eigenvalue weighted by Crippen LogP contribution is -2.25. The molecule has 1 saturated heterocycles. The molecule has 1 atom stereocenters. The van der Waals surface area contributed by atoms with Crippen molar-refractivity contribution in [2.75, 3.05) is 68.7 Å². The molecule has 4 aromatic rings. The van der Waals surface area contributed by atoms with Crippen molar-refractivity contribution in [2.45, 2.75) is 39.2 Å². The van der Waals surface area contributed by atoms with Crippen molar-refractivity contribution < 1.29 is 19.0 Å². The number of benzene rings is 1. The van der Waals surface area contributed by atoms with Crippen molar-refractivity contribution in [1.29, 1.82) is 5.26 Å². The third-order valence-electron chi connectivity index (χ3n) is 6.90. The van der Waals surface area contributed by atoms with Gasteiger partial charge in [-0.15, -0.1) is 15.3 Å². The monoisotopic (exact) mass is 647 g/mol. The largest absolute Gasteiger partial charge is 0.464 e. The van der Waals surface area contributed by atoms with Crippen LogP contribution >= 0.6 is 11.3 Å². The predicted octanol–water partition coefficient (Wildman–Crippen LogP) is 4.99. The van der Waals surface area contributed by atoms with Gasteiger partial charge in [0.25, 0.3) is 0 Å². The highest BCUT2D eigenvalue weighted by molar-refractivity contribution is 7.20. The van der Waals surface area contributed by atoms with Crippen molar-refractivity contribution in [3.05, 3.63) is 36.0 Å². The van der Waals surface area contributed by atoms with E-state index in [0.29, 0.717) is 54.6 Å². The number of azo groups is 1. The number of rotatable bonds is 16. The zero-order valence-electron chi connectivity index (χ0n) is 26.1. The smallest absolute Gasteiger partial charge is 0.332 e. The first kappa shape index (κ1) is 32.7. The van der Waals surface area contributed by atoms with E-state index in [-0.39, 0.29) is 30.6 Å². The molecular weight excluding hydrogens is 610 g/mol. The number of para-hydroxylation sites is 1. The minimum absolute atomic E-state index is 0.0757. The van der Waals surface area contributed by atoms with E-state index in [0.717, 1.165) is 36.1 Å². The Labute approximate surface area is 270 Å². The molecule has 1 unspecified atom stereocenters. The molecule has 0 bridgehead atoms. The number of nitrogens with zero attached hydrogens (tertiary/aromatic N) is 9. The molecule has 2 N–H and O–H groups in total. The lowest BCUT2D eigenvalue weighted by atomic mass is 10.3. The highest BCUT2D eigenvalue weighted by Crippen LogP contribution is 2.36. The molecule has 1 fully saturated rings. The number of ether oxygens (including phenoxy) is 3. The van der Waals surface area contributed by atoms with E-state index in [9.17, 15) is 10.1 Å². The van der Waals surface area contributed by atoms with Crippen molar-refractivity contribution in [3.63, 3.8) is 0 Å². The van der Waals surface area contributed by atoms with Gasteiger partial charge in [0.2, 0.25) is 16.9 Å². The maximum Gasteiger partial charge on any atom is 0.332 e. The van der Waals surface area contributed by atoms with Crippen molar-refractivity contribution in [2.24, 2.45) is 10.2 Å². The van der Waals surface area contributed by atoms with Gasteiger partial charge in [-0.25, -0.2) is 14.5 Å². The van der Waals surface area contributed by atoms with Gasteiger partial charge in [0, 0.05) is 39.4 Å². The Kier molecular flexibility index (Phi) is 11.4. The Bertz CT molecular complexity index is 1660. The number of hydrogen-bond acceptors (Lipinski definition) is 15. The summed E-state index contributed by atoms with van der Waals surface area (Å²) in [6.45, 7) is 6.93. The van der Waals surface area contributed by atoms with Crippen LogP contribution in [0.25, 0.3) is 15.3 Å². The van der Waals surface area contributed by atoms with Crippen LogP contribution in [0.5, 0.6) is 0 Å². The summed E-state index contributed by atoms with van der Waals surface area (Å²) in [6, 6.07) is 9.83. The average molecular weight is 648 g/mol. The number of fused-ring (bicyclic) bond motifs is 1. The Morgan fingerprint density at radius 3 is 2.74 bits per heavy atom. The normalized spacial score (nSPS) is 13.7. The average Bonchev–Trinajstić information content (AvgIpc) is 3.83. The summed E-state index contributed by atoms with van der Waals surface area (Å²) >= 11 is 1.46. The molecule has 0 saturated carbocycles. The van der Waals surface area contributed by atoms with E-state index in [1.54, 1.807) is 13.3 Å². The second-order valence-corrected chi connectivity index (χ2v) is 11.5. The lowest BCUT2D eigenvalue weighted by Gasteiger charge is -2.21. The third-order valence-corrected chi connectivity index (χ3v) is 7.93. The van der Waals surface area contributed by atoms with Crippen molar-refractivity contribution >= 4 is 56.6 Å². The molecule has 1 aliphatic rings. The van der Waals surface area contributed by atoms with Gasteiger partial charge < -0.3 is 29.7 Å². The highest BCUT2D eigenvalue weighted by atomic mass is 32.1. The summed E-state index contributed by atoms with van der Waals surface area (Å²) in [5.41, 5.74) is 1.43. The summed E-state index contributed by atoms with van der Waals surface area (Å²) in [5.74, 6) is 1.19.